The average Bonchev–Trinajstić information content (AvgIpc) is 3.00. The van der Waals surface area contributed by atoms with Crippen LogP contribution in [0.5, 0.6) is 0 Å². The molecule has 0 aliphatic carbocycles. The predicted octanol–water partition coefficient (Wildman–Crippen LogP) is 6.26. The number of hydrogen-bond acceptors (Lipinski definition) is 5. The first-order valence-electron chi connectivity index (χ1n) is 13.4. The van der Waals surface area contributed by atoms with Gasteiger partial charge in [-0.05, 0) is 23.3 Å². The molecule has 0 saturated carbocycles. The number of para-hydroxylation sites is 2. The lowest BCUT2D eigenvalue weighted by molar-refractivity contribution is -0.119. The Bertz CT molecular complexity index is 1670. The smallest absolute Gasteiger partial charge is 0.339 e. The third-order valence-corrected chi connectivity index (χ3v) is 7.20. The molecule has 1 N–H and O–H groups in total. The average molecular weight is 528 g/mol. The van der Waals surface area contributed by atoms with Crippen molar-refractivity contribution in [1.29, 1.82) is 0 Å². The van der Waals surface area contributed by atoms with Crippen LogP contribution >= 0.6 is 0 Å². The third kappa shape index (κ3) is 5.48. The van der Waals surface area contributed by atoms with E-state index in [-0.39, 0.29) is 6.61 Å². The number of carbonyl (C=O) groups excluding carboxylic acids is 2. The summed E-state index contributed by atoms with van der Waals surface area (Å²) in [7, 11) is 0. The molecular formula is C34H29N3O3. The summed E-state index contributed by atoms with van der Waals surface area (Å²) in [6, 6.07) is 35.3. The fourth-order valence-electron chi connectivity index (χ4n) is 5.31. The van der Waals surface area contributed by atoms with Gasteiger partial charge in [0.2, 0.25) is 0 Å². The van der Waals surface area contributed by atoms with E-state index >= 15 is 0 Å². The molecule has 1 aromatic heterocycles. The number of nitrogens with one attached hydrogen (secondary N) is 1. The van der Waals surface area contributed by atoms with Crippen molar-refractivity contribution in [2.75, 3.05) is 18.5 Å². The van der Waals surface area contributed by atoms with Crippen molar-refractivity contribution in [3.8, 4) is 11.1 Å². The van der Waals surface area contributed by atoms with Gasteiger partial charge in [-0.15, -0.1) is 0 Å². The molecule has 6 heteroatoms. The van der Waals surface area contributed by atoms with E-state index in [1.54, 1.807) is 0 Å². The molecule has 2 heterocycles. The summed E-state index contributed by atoms with van der Waals surface area (Å²) in [5.74, 6) is -0.905. The van der Waals surface area contributed by atoms with Crippen LogP contribution in [-0.2, 0) is 29.0 Å². The molecule has 0 saturated heterocycles. The molecule has 1 aliphatic rings. The van der Waals surface area contributed by atoms with Gasteiger partial charge in [0.1, 0.15) is 0 Å². The largest absolute Gasteiger partial charge is 0.452 e. The second kappa shape index (κ2) is 11.5. The van der Waals surface area contributed by atoms with Gasteiger partial charge in [-0.2, -0.15) is 0 Å². The van der Waals surface area contributed by atoms with Gasteiger partial charge >= 0.3 is 5.97 Å². The zero-order valence-electron chi connectivity index (χ0n) is 22.0. The number of rotatable bonds is 7. The fraction of sp³-hybridized carbons (Fsp3) is 0.147. The number of esters is 1. The first-order chi connectivity index (χ1) is 19.7. The number of hydrogen-bond donors (Lipinski definition) is 1. The number of carbonyl (C=O) groups is 2. The number of pyridine rings is 1. The molecule has 4 aromatic carbocycles. The number of benzene rings is 4. The van der Waals surface area contributed by atoms with Crippen molar-refractivity contribution in [1.82, 2.24) is 9.88 Å². The lowest BCUT2D eigenvalue weighted by atomic mass is 9.95. The van der Waals surface area contributed by atoms with E-state index in [1.807, 2.05) is 97.1 Å². The van der Waals surface area contributed by atoms with E-state index in [4.69, 9.17) is 9.72 Å². The van der Waals surface area contributed by atoms with Crippen molar-refractivity contribution in [2.24, 2.45) is 0 Å². The number of fused-ring (bicyclic) bond motifs is 2. The monoisotopic (exact) mass is 527 g/mol. The van der Waals surface area contributed by atoms with Crippen molar-refractivity contribution in [3.05, 3.63) is 132 Å². The second-order valence-corrected chi connectivity index (χ2v) is 9.91. The highest BCUT2D eigenvalue weighted by atomic mass is 16.5. The Morgan fingerprint density at radius 1 is 0.825 bits per heavy atom. The quantitative estimate of drug-likeness (QED) is 0.253. The summed E-state index contributed by atoms with van der Waals surface area (Å²) in [4.78, 5) is 33.7. The minimum Gasteiger partial charge on any atom is -0.452 e. The van der Waals surface area contributed by atoms with Crippen LogP contribution in [0.25, 0.3) is 22.0 Å². The van der Waals surface area contributed by atoms with E-state index < -0.39 is 11.9 Å². The first-order valence-corrected chi connectivity index (χ1v) is 13.4. The van der Waals surface area contributed by atoms with Crippen LogP contribution in [0.3, 0.4) is 0 Å². The summed E-state index contributed by atoms with van der Waals surface area (Å²) in [5.41, 5.74) is 6.81. The summed E-state index contributed by atoms with van der Waals surface area (Å²) in [6.07, 6.45) is 0.740. The fourth-order valence-corrected chi connectivity index (χ4v) is 5.31. The maximum absolute atomic E-state index is 13.6. The zero-order chi connectivity index (χ0) is 27.3. The first kappa shape index (κ1) is 25.5. The number of ether oxygens (including phenoxy) is 1. The van der Waals surface area contributed by atoms with E-state index in [9.17, 15) is 9.59 Å². The number of anilines is 1. The van der Waals surface area contributed by atoms with Gasteiger partial charge < -0.3 is 10.1 Å². The lowest BCUT2D eigenvalue weighted by Crippen LogP contribution is -2.32. The highest BCUT2D eigenvalue weighted by Gasteiger charge is 2.27. The van der Waals surface area contributed by atoms with E-state index in [2.05, 4.69) is 22.3 Å². The van der Waals surface area contributed by atoms with Crippen molar-refractivity contribution >= 4 is 28.5 Å². The maximum atomic E-state index is 13.6. The summed E-state index contributed by atoms with van der Waals surface area (Å²) >= 11 is 0. The SMILES string of the molecule is O=C(COC(=O)c1c2c(nc3ccccc13)CCN(Cc1ccccc1)C2)Nc1ccccc1-c1ccccc1. The van der Waals surface area contributed by atoms with Crippen LogP contribution in [-0.4, -0.2) is 34.9 Å². The highest BCUT2D eigenvalue weighted by molar-refractivity contribution is 6.06. The Morgan fingerprint density at radius 3 is 2.35 bits per heavy atom. The topological polar surface area (TPSA) is 71.5 Å². The standard InChI is InChI=1S/C34H29N3O3/c38-32(36-29-17-9-7-15-26(29)25-13-5-2-6-14-25)23-40-34(39)33-27-16-8-10-18-30(27)35-31-19-20-37(22-28(31)33)21-24-11-3-1-4-12-24/h1-18H,19-23H2,(H,36,38). The van der Waals surface area contributed by atoms with Gasteiger partial charge in [0.15, 0.2) is 6.61 Å². The molecule has 6 rings (SSSR count). The Morgan fingerprint density at radius 2 is 1.52 bits per heavy atom. The Kier molecular flexibility index (Phi) is 7.33. The molecule has 198 valence electrons. The van der Waals surface area contributed by atoms with Crippen molar-refractivity contribution in [3.63, 3.8) is 0 Å². The molecule has 0 bridgehead atoms. The number of amides is 1. The Labute approximate surface area is 233 Å². The number of nitrogens with zero attached hydrogens (tertiary/aromatic N) is 2. The van der Waals surface area contributed by atoms with Crippen LogP contribution in [0, 0.1) is 0 Å². The predicted molar refractivity (Wildman–Crippen MR) is 157 cm³/mol. The minimum absolute atomic E-state index is 0.388. The maximum Gasteiger partial charge on any atom is 0.339 e. The Hall–Kier alpha value is -4.81. The molecule has 40 heavy (non-hydrogen) atoms. The third-order valence-electron chi connectivity index (χ3n) is 7.20. The summed E-state index contributed by atoms with van der Waals surface area (Å²) < 4.78 is 5.64. The lowest BCUT2D eigenvalue weighted by Gasteiger charge is -2.30. The molecule has 0 fully saturated rings. The highest BCUT2D eigenvalue weighted by Crippen LogP contribution is 2.30. The molecule has 5 aromatic rings. The molecule has 1 aliphatic heterocycles. The Balaban J connectivity index is 1.22. The van der Waals surface area contributed by atoms with Crippen molar-refractivity contribution in [2.45, 2.75) is 19.5 Å². The minimum atomic E-state index is -0.511. The molecular weight excluding hydrogens is 498 g/mol. The van der Waals surface area contributed by atoms with Crippen LogP contribution in [0.4, 0.5) is 5.69 Å². The number of aromatic nitrogens is 1. The van der Waals surface area contributed by atoms with Gasteiger partial charge in [-0.1, -0.05) is 97.1 Å². The van der Waals surface area contributed by atoms with Gasteiger partial charge in [0.05, 0.1) is 11.1 Å². The van der Waals surface area contributed by atoms with Crippen LogP contribution < -0.4 is 5.32 Å². The molecule has 1 amide bonds. The molecule has 0 unspecified atom stereocenters. The van der Waals surface area contributed by atoms with E-state index in [1.165, 1.54) is 5.56 Å². The van der Waals surface area contributed by atoms with Crippen molar-refractivity contribution < 1.29 is 14.3 Å². The van der Waals surface area contributed by atoms with Gasteiger partial charge in [0.25, 0.3) is 5.91 Å². The summed E-state index contributed by atoms with van der Waals surface area (Å²) in [6.45, 7) is 1.83. The zero-order valence-corrected chi connectivity index (χ0v) is 22.0. The van der Waals surface area contributed by atoms with Crippen LogP contribution in [0.1, 0.15) is 27.2 Å². The molecule has 0 spiro atoms. The van der Waals surface area contributed by atoms with E-state index in [0.29, 0.717) is 17.8 Å². The van der Waals surface area contributed by atoms with Gasteiger partial charge in [-0.25, -0.2) is 4.79 Å². The van der Waals surface area contributed by atoms with E-state index in [0.717, 1.165) is 52.8 Å². The van der Waals surface area contributed by atoms with Gasteiger partial charge in [-0.3, -0.25) is 14.7 Å². The van der Waals surface area contributed by atoms with Crippen LogP contribution in [0.2, 0.25) is 0 Å². The summed E-state index contributed by atoms with van der Waals surface area (Å²) in [5, 5.41) is 3.65. The molecule has 0 radical (unpaired) electrons. The van der Waals surface area contributed by atoms with Crippen LogP contribution in [0.15, 0.2) is 109 Å². The second-order valence-electron chi connectivity index (χ2n) is 9.91. The molecule has 0 atom stereocenters. The normalized spacial score (nSPS) is 13.0. The molecule has 6 nitrogen and oxygen atoms in total. The van der Waals surface area contributed by atoms with Gasteiger partial charge in [0, 0.05) is 53.9 Å².